The molecule has 1 aliphatic rings. The fourth-order valence-corrected chi connectivity index (χ4v) is 1.86. The molecule has 0 spiro atoms. The van der Waals surface area contributed by atoms with E-state index in [1.54, 1.807) is 7.11 Å². The van der Waals surface area contributed by atoms with E-state index >= 15 is 0 Å². The molecule has 3 nitrogen and oxygen atoms in total. The first kappa shape index (κ1) is 11.0. The molecule has 0 aromatic rings. The molecule has 0 saturated heterocycles. The van der Waals surface area contributed by atoms with Gasteiger partial charge in [-0.05, 0) is 25.2 Å². The van der Waals surface area contributed by atoms with Crippen LogP contribution >= 0.6 is 0 Å². The van der Waals surface area contributed by atoms with E-state index < -0.39 is 0 Å². The monoisotopic (exact) mass is 187 g/mol. The molecular weight excluding hydrogens is 166 g/mol. The first-order valence-electron chi connectivity index (χ1n) is 5.15. The number of methoxy groups -OCH3 is 1. The van der Waals surface area contributed by atoms with Crippen molar-refractivity contribution in [1.82, 2.24) is 5.32 Å². The maximum absolute atomic E-state index is 8.86. The van der Waals surface area contributed by atoms with Crippen LogP contribution in [0.1, 0.15) is 26.2 Å². The van der Waals surface area contributed by atoms with E-state index in [4.69, 9.17) is 9.84 Å². The van der Waals surface area contributed by atoms with Crippen LogP contribution < -0.4 is 5.32 Å². The molecule has 3 unspecified atom stereocenters. The minimum absolute atomic E-state index is 0.261. The van der Waals surface area contributed by atoms with E-state index in [0.717, 1.165) is 6.54 Å². The van der Waals surface area contributed by atoms with Gasteiger partial charge in [-0.1, -0.05) is 6.92 Å². The van der Waals surface area contributed by atoms with Gasteiger partial charge in [0.25, 0.3) is 0 Å². The van der Waals surface area contributed by atoms with Crippen molar-refractivity contribution in [2.24, 2.45) is 5.92 Å². The number of hydrogen-bond acceptors (Lipinski definition) is 3. The van der Waals surface area contributed by atoms with E-state index in [9.17, 15) is 0 Å². The molecule has 0 aromatic carbocycles. The number of rotatable bonds is 5. The summed E-state index contributed by atoms with van der Waals surface area (Å²) in [5.41, 5.74) is 0. The highest BCUT2D eigenvalue weighted by atomic mass is 16.5. The fraction of sp³-hybridized carbons (Fsp3) is 1.00. The van der Waals surface area contributed by atoms with Crippen molar-refractivity contribution >= 4 is 0 Å². The third-order valence-corrected chi connectivity index (χ3v) is 2.80. The van der Waals surface area contributed by atoms with Gasteiger partial charge in [0.2, 0.25) is 0 Å². The lowest BCUT2D eigenvalue weighted by molar-refractivity contribution is 0.0827. The lowest BCUT2D eigenvalue weighted by Crippen LogP contribution is -2.39. The summed E-state index contributed by atoms with van der Waals surface area (Å²) in [6.45, 7) is 3.20. The van der Waals surface area contributed by atoms with E-state index in [2.05, 4.69) is 5.32 Å². The van der Waals surface area contributed by atoms with Crippen LogP contribution in [0.15, 0.2) is 0 Å². The van der Waals surface area contributed by atoms with E-state index in [0.29, 0.717) is 18.1 Å². The molecule has 0 aliphatic heterocycles. The van der Waals surface area contributed by atoms with Crippen LogP contribution in [0.4, 0.5) is 0 Å². The predicted molar refractivity (Wildman–Crippen MR) is 52.7 cm³/mol. The van der Waals surface area contributed by atoms with Crippen molar-refractivity contribution < 1.29 is 9.84 Å². The molecular formula is C10H21NO2. The molecule has 2 N–H and O–H groups in total. The van der Waals surface area contributed by atoms with Gasteiger partial charge in [0.15, 0.2) is 0 Å². The molecule has 1 saturated carbocycles. The van der Waals surface area contributed by atoms with Gasteiger partial charge in [0.1, 0.15) is 0 Å². The molecule has 3 heteroatoms. The maximum Gasteiger partial charge on any atom is 0.0724 e. The van der Waals surface area contributed by atoms with Gasteiger partial charge in [-0.3, -0.25) is 0 Å². The van der Waals surface area contributed by atoms with E-state index in [1.165, 1.54) is 19.3 Å². The first-order valence-corrected chi connectivity index (χ1v) is 5.15. The summed E-state index contributed by atoms with van der Waals surface area (Å²) in [5.74, 6) is 0.345. The average molecular weight is 187 g/mol. The van der Waals surface area contributed by atoms with Crippen molar-refractivity contribution in [3.05, 3.63) is 0 Å². The topological polar surface area (TPSA) is 41.5 Å². The van der Waals surface area contributed by atoms with Crippen LogP contribution in [0.5, 0.6) is 0 Å². The van der Waals surface area contributed by atoms with E-state index in [-0.39, 0.29) is 6.61 Å². The van der Waals surface area contributed by atoms with Crippen molar-refractivity contribution in [2.45, 2.75) is 38.3 Å². The van der Waals surface area contributed by atoms with Gasteiger partial charge in [0, 0.05) is 26.3 Å². The van der Waals surface area contributed by atoms with Gasteiger partial charge in [0.05, 0.1) is 6.10 Å². The SMILES string of the molecule is COC1CCCC1NCC(C)CO. The molecule has 1 aliphatic carbocycles. The van der Waals surface area contributed by atoms with Crippen molar-refractivity contribution in [1.29, 1.82) is 0 Å². The Morgan fingerprint density at radius 2 is 2.31 bits per heavy atom. The highest BCUT2D eigenvalue weighted by molar-refractivity contribution is 4.84. The molecule has 0 heterocycles. The normalized spacial score (nSPS) is 30.7. The molecule has 0 radical (unpaired) electrons. The van der Waals surface area contributed by atoms with Gasteiger partial charge < -0.3 is 15.2 Å². The summed E-state index contributed by atoms with van der Waals surface area (Å²) in [6.07, 6.45) is 4.01. The Kier molecular flexibility index (Phi) is 4.70. The third-order valence-electron chi connectivity index (χ3n) is 2.80. The Morgan fingerprint density at radius 3 is 2.92 bits per heavy atom. The lowest BCUT2D eigenvalue weighted by Gasteiger charge is -2.21. The minimum atomic E-state index is 0.261. The Bertz CT molecular complexity index is 141. The zero-order valence-electron chi connectivity index (χ0n) is 8.62. The largest absolute Gasteiger partial charge is 0.396 e. The van der Waals surface area contributed by atoms with Crippen LogP contribution in [0.3, 0.4) is 0 Å². The fourth-order valence-electron chi connectivity index (χ4n) is 1.86. The van der Waals surface area contributed by atoms with Crippen LogP contribution in [0.2, 0.25) is 0 Å². The minimum Gasteiger partial charge on any atom is -0.396 e. The summed E-state index contributed by atoms with van der Waals surface area (Å²) in [7, 11) is 1.78. The molecule has 0 bridgehead atoms. The summed E-state index contributed by atoms with van der Waals surface area (Å²) in [6, 6.07) is 0.499. The van der Waals surface area contributed by atoms with Gasteiger partial charge in [-0.15, -0.1) is 0 Å². The smallest absolute Gasteiger partial charge is 0.0724 e. The quantitative estimate of drug-likeness (QED) is 0.668. The van der Waals surface area contributed by atoms with Crippen LogP contribution in [-0.2, 0) is 4.74 Å². The standard InChI is InChI=1S/C10H21NO2/c1-8(7-12)6-11-9-4-3-5-10(9)13-2/h8-12H,3-7H2,1-2H3. The summed E-state index contributed by atoms with van der Waals surface area (Å²) in [4.78, 5) is 0. The maximum atomic E-state index is 8.86. The highest BCUT2D eigenvalue weighted by Crippen LogP contribution is 2.21. The molecule has 1 fully saturated rings. The number of nitrogens with one attached hydrogen (secondary N) is 1. The molecule has 13 heavy (non-hydrogen) atoms. The highest BCUT2D eigenvalue weighted by Gasteiger charge is 2.26. The zero-order valence-corrected chi connectivity index (χ0v) is 8.62. The second-order valence-corrected chi connectivity index (χ2v) is 4.01. The average Bonchev–Trinajstić information content (AvgIpc) is 2.61. The molecule has 0 aromatic heterocycles. The number of aliphatic hydroxyl groups excluding tert-OH is 1. The number of aliphatic hydroxyl groups is 1. The Morgan fingerprint density at radius 1 is 1.54 bits per heavy atom. The van der Waals surface area contributed by atoms with Crippen LogP contribution in [0, 0.1) is 5.92 Å². The second kappa shape index (κ2) is 5.58. The predicted octanol–water partition coefficient (Wildman–Crippen LogP) is 0.772. The lowest BCUT2D eigenvalue weighted by atomic mass is 10.1. The van der Waals surface area contributed by atoms with Gasteiger partial charge in [-0.25, -0.2) is 0 Å². The number of ether oxygens (including phenoxy) is 1. The second-order valence-electron chi connectivity index (χ2n) is 4.01. The molecule has 1 rings (SSSR count). The number of hydrogen-bond donors (Lipinski definition) is 2. The van der Waals surface area contributed by atoms with Crippen molar-refractivity contribution in [3.63, 3.8) is 0 Å². The summed E-state index contributed by atoms with van der Waals surface area (Å²) in [5, 5.41) is 12.3. The molecule has 3 atom stereocenters. The third kappa shape index (κ3) is 3.25. The Hall–Kier alpha value is -0.120. The zero-order chi connectivity index (χ0) is 9.68. The summed E-state index contributed by atoms with van der Waals surface area (Å²) < 4.78 is 5.36. The van der Waals surface area contributed by atoms with Crippen molar-refractivity contribution in [2.75, 3.05) is 20.3 Å². The van der Waals surface area contributed by atoms with Crippen LogP contribution in [-0.4, -0.2) is 37.5 Å². The Balaban J connectivity index is 2.19. The molecule has 0 amide bonds. The molecule has 78 valence electrons. The van der Waals surface area contributed by atoms with Crippen molar-refractivity contribution in [3.8, 4) is 0 Å². The van der Waals surface area contributed by atoms with Gasteiger partial charge >= 0.3 is 0 Å². The first-order chi connectivity index (χ1) is 6.27. The van der Waals surface area contributed by atoms with E-state index in [1.807, 2.05) is 6.92 Å². The summed E-state index contributed by atoms with van der Waals surface area (Å²) >= 11 is 0. The van der Waals surface area contributed by atoms with Crippen LogP contribution in [0.25, 0.3) is 0 Å². The van der Waals surface area contributed by atoms with Gasteiger partial charge in [-0.2, -0.15) is 0 Å². The Labute approximate surface area is 80.5 Å².